The van der Waals surface area contributed by atoms with Crippen LogP contribution in [0.25, 0.3) is 0 Å². The molecule has 0 saturated heterocycles. The van der Waals surface area contributed by atoms with Gasteiger partial charge in [0.2, 0.25) is 0 Å². The topological polar surface area (TPSA) is 21.3 Å². The average molecular weight is 299 g/mol. The molecule has 3 rings (SSSR count). The molecule has 1 fully saturated rings. The molecule has 1 saturated carbocycles. The molecular weight excluding hydrogens is 278 g/mol. The normalized spacial score (nSPS) is 14.1. The van der Waals surface area contributed by atoms with E-state index in [0.717, 1.165) is 24.1 Å². The van der Waals surface area contributed by atoms with E-state index < -0.39 is 0 Å². The molecule has 0 amide bonds. The summed E-state index contributed by atoms with van der Waals surface area (Å²) in [4.78, 5) is 1.32. The van der Waals surface area contributed by atoms with Crippen LogP contribution in [0.2, 0.25) is 0 Å². The van der Waals surface area contributed by atoms with E-state index >= 15 is 0 Å². The molecule has 1 aliphatic carbocycles. The minimum atomic E-state index is 0.772. The van der Waals surface area contributed by atoms with Gasteiger partial charge in [-0.1, -0.05) is 24.3 Å². The van der Waals surface area contributed by atoms with Crippen molar-refractivity contribution in [3.05, 3.63) is 59.7 Å². The first-order valence-electron chi connectivity index (χ1n) is 7.41. The summed E-state index contributed by atoms with van der Waals surface area (Å²) >= 11 is 1.87. The van der Waals surface area contributed by atoms with Gasteiger partial charge in [-0.15, -0.1) is 11.8 Å². The standard InChI is InChI=1S/C18H21NOS/c1-20-17-8-2-15(3-9-17)13-21-18-10-4-14(5-11-18)12-19-16-6-7-16/h2-5,8-11,16,19H,6-7,12-13H2,1H3. The van der Waals surface area contributed by atoms with Gasteiger partial charge in [-0.25, -0.2) is 0 Å². The van der Waals surface area contributed by atoms with Gasteiger partial charge in [-0.05, 0) is 48.2 Å². The molecule has 1 aliphatic rings. The number of rotatable bonds is 7. The Hall–Kier alpha value is -1.45. The zero-order chi connectivity index (χ0) is 14.5. The predicted molar refractivity (Wildman–Crippen MR) is 88.9 cm³/mol. The maximum atomic E-state index is 5.18. The number of hydrogen-bond acceptors (Lipinski definition) is 3. The highest BCUT2D eigenvalue weighted by molar-refractivity contribution is 7.98. The van der Waals surface area contributed by atoms with Gasteiger partial charge in [0.15, 0.2) is 0 Å². The molecule has 2 aromatic carbocycles. The number of benzene rings is 2. The van der Waals surface area contributed by atoms with E-state index in [2.05, 4.69) is 41.7 Å². The summed E-state index contributed by atoms with van der Waals surface area (Å²) in [5.41, 5.74) is 2.69. The van der Waals surface area contributed by atoms with Crippen molar-refractivity contribution in [2.75, 3.05) is 7.11 Å². The largest absolute Gasteiger partial charge is 0.497 e. The molecule has 0 atom stereocenters. The van der Waals surface area contributed by atoms with Gasteiger partial charge in [0.05, 0.1) is 7.11 Å². The number of ether oxygens (including phenoxy) is 1. The van der Waals surface area contributed by atoms with Crippen LogP contribution < -0.4 is 10.1 Å². The van der Waals surface area contributed by atoms with Crippen LogP contribution in [0.3, 0.4) is 0 Å². The zero-order valence-corrected chi connectivity index (χ0v) is 13.2. The number of nitrogens with one attached hydrogen (secondary N) is 1. The molecule has 3 heteroatoms. The van der Waals surface area contributed by atoms with Crippen molar-refractivity contribution in [1.29, 1.82) is 0 Å². The average Bonchev–Trinajstić information content (AvgIpc) is 3.37. The molecule has 110 valence electrons. The van der Waals surface area contributed by atoms with Crippen LogP contribution in [0.1, 0.15) is 24.0 Å². The van der Waals surface area contributed by atoms with Crippen molar-refractivity contribution in [3.63, 3.8) is 0 Å². The molecule has 0 radical (unpaired) electrons. The molecule has 0 aromatic heterocycles. The lowest BCUT2D eigenvalue weighted by Gasteiger charge is -2.06. The molecule has 2 aromatic rings. The Balaban J connectivity index is 1.49. The van der Waals surface area contributed by atoms with Crippen LogP contribution >= 0.6 is 11.8 Å². The third kappa shape index (κ3) is 4.51. The second-order valence-electron chi connectivity index (χ2n) is 5.44. The van der Waals surface area contributed by atoms with Crippen molar-refractivity contribution < 1.29 is 4.74 Å². The van der Waals surface area contributed by atoms with Crippen molar-refractivity contribution >= 4 is 11.8 Å². The molecule has 2 nitrogen and oxygen atoms in total. The van der Waals surface area contributed by atoms with Crippen molar-refractivity contribution in [2.24, 2.45) is 0 Å². The Morgan fingerprint density at radius 2 is 1.67 bits per heavy atom. The van der Waals surface area contributed by atoms with Crippen LogP contribution in [-0.2, 0) is 12.3 Å². The molecule has 0 unspecified atom stereocenters. The Bertz CT molecular complexity index is 561. The first-order valence-corrected chi connectivity index (χ1v) is 8.40. The van der Waals surface area contributed by atoms with Crippen LogP contribution in [-0.4, -0.2) is 13.2 Å². The molecule has 0 bridgehead atoms. The highest BCUT2D eigenvalue weighted by atomic mass is 32.2. The first-order chi connectivity index (χ1) is 10.3. The summed E-state index contributed by atoms with van der Waals surface area (Å²) in [6.45, 7) is 0.994. The fourth-order valence-corrected chi connectivity index (χ4v) is 3.00. The maximum absolute atomic E-state index is 5.18. The summed E-state index contributed by atoms with van der Waals surface area (Å²) in [6.07, 6.45) is 2.69. The van der Waals surface area contributed by atoms with Gasteiger partial charge < -0.3 is 10.1 Å². The van der Waals surface area contributed by atoms with Crippen molar-refractivity contribution in [2.45, 2.75) is 36.1 Å². The van der Waals surface area contributed by atoms with E-state index in [-0.39, 0.29) is 0 Å². The molecule has 0 spiro atoms. The SMILES string of the molecule is COc1ccc(CSc2ccc(CNC3CC3)cc2)cc1. The number of methoxy groups -OCH3 is 1. The van der Waals surface area contributed by atoms with Crippen LogP contribution in [0, 0.1) is 0 Å². The lowest BCUT2D eigenvalue weighted by atomic mass is 10.2. The predicted octanol–water partition coefficient (Wildman–Crippen LogP) is 4.24. The molecule has 21 heavy (non-hydrogen) atoms. The molecular formula is C18H21NOS. The van der Waals surface area contributed by atoms with E-state index in [0.29, 0.717) is 0 Å². The Labute approximate surface area is 130 Å². The lowest BCUT2D eigenvalue weighted by Crippen LogP contribution is -2.14. The Morgan fingerprint density at radius 3 is 2.29 bits per heavy atom. The molecule has 0 heterocycles. The van der Waals surface area contributed by atoms with E-state index in [1.165, 1.54) is 28.9 Å². The minimum absolute atomic E-state index is 0.772. The molecule has 1 N–H and O–H groups in total. The van der Waals surface area contributed by atoms with Gasteiger partial charge in [-0.3, -0.25) is 0 Å². The van der Waals surface area contributed by atoms with Crippen LogP contribution in [0.5, 0.6) is 5.75 Å². The molecule has 0 aliphatic heterocycles. The van der Waals surface area contributed by atoms with Gasteiger partial charge in [0.1, 0.15) is 5.75 Å². The van der Waals surface area contributed by atoms with Gasteiger partial charge in [0.25, 0.3) is 0 Å². The maximum Gasteiger partial charge on any atom is 0.118 e. The fraction of sp³-hybridized carbons (Fsp3) is 0.333. The summed E-state index contributed by atoms with van der Waals surface area (Å²) in [5, 5.41) is 3.54. The van der Waals surface area contributed by atoms with E-state index in [9.17, 15) is 0 Å². The van der Waals surface area contributed by atoms with Crippen molar-refractivity contribution in [1.82, 2.24) is 5.32 Å². The summed E-state index contributed by atoms with van der Waals surface area (Å²) < 4.78 is 5.18. The second kappa shape index (κ2) is 7.01. The lowest BCUT2D eigenvalue weighted by molar-refractivity contribution is 0.414. The van der Waals surface area contributed by atoms with Gasteiger partial charge >= 0.3 is 0 Å². The first kappa shape index (κ1) is 14.5. The smallest absolute Gasteiger partial charge is 0.118 e. The van der Waals surface area contributed by atoms with Gasteiger partial charge in [0, 0.05) is 23.2 Å². The summed E-state index contributed by atoms with van der Waals surface area (Å²) in [7, 11) is 1.70. The monoisotopic (exact) mass is 299 g/mol. The van der Waals surface area contributed by atoms with Crippen molar-refractivity contribution in [3.8, 4) is 5.75 Å². The highest BCUT2D eigenvalue weighted by Gasteiger charge is 2.19. The number of thioether (sulfide) groups is 1. The zero-order valence-electron chi connectivity index (χ0n) is 12.3. The Kier molecular flexibility index (Phi) is 4.84. The highest BCUT2D eigenvalue weighted by Crippen LogP contribution is 2.24. The van der Waals surface area contributed by atoms with Gasteiger partial charge in [-0.2, -0.15) is 0 Å². The number of hydrogen-bond donors (Lipinski definition) is 1. The van der Waals surface area contributed by atoms with E-state index in [1.54, 1.807) is 7.11 Å². The second-order valence-corrected chi connectivity index (χ2v) is 6.48. The Morgan fingerprint density at radius 1 is 1.00 bits per heavy atom. The fourth-order valence-electron chi connectivity index (χ4n) is 2.14. The van der Waals surface area contributed by atoms with E-state index in [1.807, 2.05) is 23.9 Å². The van der Waals surface area contributed by atoms with Crippen LogP contribution in [0.4, 0.5) is 0 Å². The quantitative estimate of drug-likeness (QED) is 0.773. The summed E-state index contributed by atoms with van der Waals surface area (Å²) in [5.74, 6) is 1.90. The minimum Gasteiger partial charge on any atom is -0.497 e. The third-order valence-electron chi connectivity index (χ3n) is 3.66. The van der Waals surface area contributed by atoms with E-state index in [4.69, 9.17) is 4.74 Å². The summed E-state index contributed by atoms with van der Waals surface area (Å²) in [6, 6.07) is 18.0. The van der Waals surface area contributed by atoms with Crippen LogP contribution in [0.15, 0.2) is 53.4 Å². The third-order valence-corrected chi connectivity index (χ3v) is 4.74.